The lowest BCUT2D eigenvalue weighted by atomic mass is 10.2. The quantitative estimate of drug-likeness (QED) is 0.908. The summed E-state index contributed by atoms with van der Waals surface area (Å²) in [6, 6.07) is 2.50. The molecule has 2 rings (SSSR count). The Morgan fingerprint density at radius 1 is 1.56 bits per heavy atom. The standard InChI is InChI=1S/C14H22N2OS/c1-4-16(9-12-6-5-7-15-12)14(17)13-8-10(2)11(3)18-13/h8,12,15H,4-7,9H2,1-3H3. The van der Waals surface area contributed by atoms with Crippen molar-refractivity contribution in [1.29, 1.82) is 0 Å². The molecule has 0 spiro atoms. The van der Waals surface area contributed by atoms with Gasteiger partial charge in [-0.05, 0) is 51.8 Å². The van der Waals surface area contributed by atoms with Gasteiger partial charge in [0.05, 0.1) is 4.88 Å². The van der Waals surface area contributed by atoms with Gasteiger partial charge >= 0.3 is 0 Å². The van der Waals surface area contributed by atoms with Crippen LogP contribution in [0.2, 0.25) is 0 Å². The third kappa shape index (κ3) is 2.93. The summed E-state index contributed by atoms with van der Waals surface area (Å²) < 4.78 is 0. The van der Waals surface area contributed by atoms with E-state index in [1.54, 1.807) is 11.3 Å². The number of aryl methyl sites for hydroxylation is 2. The Morgan fingerprint density at radius 2 is 2.33 bits per heavy atom. The highest BCUT2D eigenvalue weighted by molar-refractivity contribution is 7.14. The number of rotatable bonds is 4. The summed E-state index contributed by atoms with van der Waals surface area (Å²) in [5, 5.41) is 3.45. The van der Waals surface area contributed by atoms with Crippen molar-refractivity contribution in [3.8, 4) is 0 Å². The third-order valence-electron chi connectivity index (χ3n) is 3.65. The van der Waals surface area contributed by atoms with Crippen molar-refractivity contribution in [3.63, 3.8) is 0 Å². The Balaban J connectivity index is 2.04. The normalized spacial score (nSPS) is 19.2. The Morgan fingerprint density at radius 3 is 2.83 bits per heavy atom. The van der Waals surface area contributed by atoms with Crippen LogP contribution in [0.25, 0.3) is 0 Å². The molecule has 100 valence electrons. The lowest BCUT2D eigenvalue weighted by molar-refractivity contribution is 0.0756. The van der Waals surface area contributed by atoms with Gasteiger partial charge in [0.15, 0.2) is 0 Å². The van der Waals surface area contributed by atoms with Crippen LogP contribution in [-0.4, -0.2) is 36.5 Å². The van der Waals surface area contributed by atoms with E-state index in [1.807, 2.05) is 11.0 Å². The first-order valence-electron chi connectivity index (χ1n) is 6.71. The smallest absolute Gasteiger partial charge is 0.263 e. The lowest BCUT2D eigenvalue weighted by Crippen LogP contribution is -2.40. The Hall–Kier alpha value is -0.870. The first-order chi connectivity index (χ1) is 8.61. The first kappa shape index (κ1) is 13.6. The maximum atomic E-state index is 12.4. The van der Waals surface area contributed by atoms with Gasteiger partial charge in [-0.25, -0.2) is 0 Å². The van der Waals surface area contributed by atoms with E-state index in [9.17, 15) is 4.79 Å². The van der Waals surface area contributed by atoms with E-state index >= 15 is 0 Å². The molecule has 1 saturated heterocycles. The van der Waals surface area contributed by atoms with Gasteiger partial charge in [0.25, 0.3) is 5.91 Å². The topological polar surface area (TPSA) is 32.3 Å². The first-order valence-corrected chi connectivity index (χ1v) is 7.53. The molecule has 0 bridgehead atoms. The van der Waals surface area contributed by atoms with Crippen LogP contribution in [0.1, 0.15) is 39.9 Å². The number of amides is 1. The molecule has 1 aliphatic rings. The van der Waals surface area contributed by atoms with E-state index in [4.69, 9.17) is 0 Å². The number of nitrogens with zero attached hydrogens (tertiary/aromatic N) is 1. The Bertz CT molecular complexity index is 402. The van der Waals surface area contributed by atoms with Crippen LogP contribution in [0.5, 0.6) is 0 Å². The fourth-order valence-electron chi connectivity index (χ4n) is 2.37. The van der Waals surface area contributed by atoms with Crippen molar-refractivity contribution in [2.45, 2.75) is 39.7 Å². The number of hydrogen-bond acceptors (Lipinski definition) is 3. The van der Waals surface area contributed by atoms with Crippen molar-refractivity contribution in [2.75, 3.05) is 19.6 Å². The molecule has 18 heavy (non-hydrogen) atoms. The van der Waals surface area contributed by atoms with Crippen molar-refractivity contribution in [2.24, 2.45) is 0 Å². The molecule has 0 radical (unpaired) electrons. The van der Waals surface area contributed by atoms with Crippen molar-refractivity contribution in [1.82, 2.24) is 10.2 Å². The molecular weight excluding hydrogens is 244 g/mol. The summed E-state index contributed by atoms with van der Waals surface area (Å²) in [5.41, 5.74) is 1.22. The maximum Gasteiger partial charge on any atom is 0.263 e. The Labute approximate surface area is 113 Å². The third-order valence-corrected chi connectivity index (χ3v) is 4.79. The van der Waals surface area contributed by atoms with Gasteiger partial charge in [-0.1, -0.05) is 0 Å². The second kappa shape index (κ2) is 5.85. The molecule has 2 heterocycles. The molecule has 3 nitrogen and oxygen atoms in total. The van der Waals surface area contributed by atoms with Gasteiger partial charge in [-0.3, -0.25) is 4.79 Å². The van der Waals surface area contributed by atoms with E-state index < -0.39 is 0 Å². The molecule has 1 fully saturated rings. The minimum Gasteiger partial charge on any atom is -0.337 e. The van der Waals surface area contributed by atoms with Gasteiger partial charge in [-0.2, -0.15) is 0 Å². The number of carbonyl (C=O) groups excluding carboxylic acids is 1. The van der Waals surface area contributed by atoms with Crippen molar-refractivity contribution in [3.05, 3.63) is 21.4 Å². The zero-order valence-corrected chi connectivity index (χ0v) is 12.3. The van der Waals surface area contributed by atoms with Gasteiger partial charge in [0, 0.05) is 24.0 Å². The van der Waals surface area contributed by atoms with Gasteiger partial charge in [0.2, 0.25) is 0 Å². The van der Waals surface area contributed by atoms with E-state index in [2.05, 4.69) is 26.1 Å². The summed E-state index contributed by atoms with van der Waals surface area (Å²) in [7, 11) is 0. The molecule has 1 unspecified atom stereocenters. The van der Waals surface area contributed by atoms with E-state index in [1.165, 1.54) is 23.3 Å². The molecule has 1 aromatic rings. The predicted molar refractivity (Wildman–Crippen MR) is 76.4 cm³/mol. The van der Waals surface area contributed by atoms with Crippen LogP contribution in [0, 0.1) is 13.8 Å². The fourth-order valence-corrected chi connectivity index (χ4v) is 3.37. The van der Waals surface area contributed by atoms with Crippen molar-refractivity contribution >= 4 is 17.2 Å². The minimum absolute atomic E-state index is 0.187. The number of thiophene rings is 1. The molecule has 1 aromatic heterocycles. The number of nitrogens with one attached hydrogen (secondary N) is 1. The van der Waals surface area contributed by atoms with E-state index in [0.29, 0.717) is 6.04 Å². The lowest BCUT2D eigenvalue weighted by Gasteiger charge is -2.23. The van der Waals surface area contributed by atoms with E-state index in [0.717, 1.165) is 24.5 Å². The number of hydrogen-bond donors (Lipinski definition) is 1. The van der Waals surface area contributed by atoms with Crippen LogP contribution in [0.15, 0.2) is 6.07 Å². The second-order valence-electron chi connectivity index (χ2n) is 4.99. The van der Waals surface area contributed by atoms with Crippen LogP contribution < -0.4 is 5.32 Å². The van der Waals surface area contributed by atoms with Crippen LogP contribution >= 0.6 is 11.3 Å². The van der Waals surface area contributed by atoms with Crippen LogP contribution in [0.4, 0.5) is 0 Å². The van der Waals surface area contributed by atoms with Gasteiger partial charge in [-0.15, -0.1) is 11.3 Å². The summed E-state index contributed by atoms with van der Waals surface area (Å²) in [5.74, 6) is 0.187. The highest BCUT2D eigenvalue weighted by atomic mass is 32.1. The zero-order chi connectivity index (χ0) is 13.1. The van der Waals surface area contributed by atoms with Gasteiger partial charge < -0.3 is 10.2 Å². The van der Waals surface area contributed by atoms with Crippen LogP contribution in [0.3, 0.4) is 0 Å². The molecule has 1 atom stereocenters. The molecule has 1 amide bonds. The molecule has 4 heteroatoms. The monoisotopic (exact) mass is 266 g/mol. The second-order valence-corrected chi connectivity index (χ2v) is 6.24. The minimum atomic E-state index is 0.187. The summed E-state index contributed by atoms with van der Waals surface area (Å²) in [4.78, 5) is 16.5. The largest absolute Gasteiger partial charge is 0.337 e. The average molecular weight is 266 g/mol. The zero-order valence-electron chi connectivity index (χ0n) is 11.5. The maximum absolute atomic E-state index is 12.4. The molecular formula is C14H22N2OS. The number of likely N-dealkylation sites (N-methyl/N-ethyl adjacent to an activating group) is 1. The predicted octanol–water partition coefficient (Wildman–Crippen LogP) is 2.58. The summed E-state index contributed by atoms with van der Waals surface area (Å²) in [6.07, 6.45) is 2.42. The summed E-state index contributed by atoms with van der Waals surface area (Å²) >= 11 is 1.61. The number of carbonyl (C=O) groups is 1. The SMILES string of the molecule is CCN(CC1CCCN1)C(=O)c1cc(C)c(C)s1. The highest BCUT2D eigenvalue weighted by Gasteiger charge is 2.22. The van der Waals surface area contributed by atoms with E-state index in [-0.39, 0.29) is 5.91 Å². The Kier molecular flexibility index (Phi) is 4.40. The molecule has 1 N–H and O–H groups in total. The molecule has 0 aliphatic carbocycles. The molecule has 1 aliphatic heterocycles. The van der Waals surface area contributed by atoms with Crippen molar-refractivity contribution < 1.29 is 4.79 Å². The van der Waals surface area contributed by atoms with Crippen LogP contribution in [-0.2, 0) is 0 Å². The summed E-state index contributed by atoms with van der Waals surface area (Å²) in [6.45, 7) is 8.91. The molecule has 0 saturated carbocycles. The fraction of sp³-hybridized carbons (Fsp3) is 0.643. The highest BCUT2D eigenvalue weighted by Crippen LogP contribution is 2.22. The molecule has 0 aromatic carbocycles. The average Bonchev–Trinajstić information content (AvgIpc) is 2.96. The van der Waals surface area contributed by atoms with Gasteiger partial charge in [0.1, 0.15) is 0 Å².